The van der Waals surface area contributed by atoms with Crippen molar-refractivity contribution in [3.63, 3.8) is 0 Å². The number of hydrogen-bond donors (Lipinski definition) is 1. The summed E-state index contributed by atoms with van der Waals surface area (Å²) in [5.41, 5.74) is -5.59. The fourth-order valence-corrected chi connectivity index (χ4v) is 1.44. The van der Waals surface area contributed by atoms with Crippen molar-refractivity contribution >= 4 is 29.0 Å². The molecule has 1 N–H and O–H groups in total. The van der Waals surface area contributed by atoms with Crippen molar-refractivity contribution in [3.05, 3.63) is 0 Å². The van der Waals surface area contributed by atoms with Crippen molar-refractivity contribution in [3.8, 4) is 0 Å². The molecule has 0 saturated carbocycles. The van der Waals surface area contributed by atoms with Crippen LogP contribution in [0, 0.1) is 0 Å². The predicted octanol–water partition coefficient (Wildman–Crippen LogP) is 2.62. The average molecular weight is 390 g/mol. The molecule has 17 heteroatoms. The van der Waals surface area contributed by atoms with Crippen LogP contribution in [0.2, 0.25) is 0 Å². The summed E-state index contributed by atoms with van der Waals surface area (Å²) in [4.78, 5) is 0. The zero-order valence-electron chi connectivity index (χ0n) is 9.28. The summed E-state index contributed by atoms with van der Waals surface area (Å²) in [6, 6.07) is 0. The molecule has 0 aromatic carbocycles. The SMILES string of the molecule is O=S(=O)(O)C(F)C(F)(F)C(F)(F)C(F)(F)C(F)(F)C(F)(F)F.[LiH]. The molecule has 0 aliphatic rings. The van der Waals surface area contributed by atoms with Crippen LogP contribution >= 0.6 is 0 Å². The molecule has 0 aliphatic carbocycles. The van der Waals surface area contributed by atoms with E-state index < -0.39 is 45.5 Å². The zero-order valence-corrected chi connectivity index (χ0v) is 10.1. The van der Waals surface area contributed by atoms with E-state index in [0.29, 0.717) is 0 Å². The molecule has 0 radical (unpaired) electrons. The summed E-state index contributed by atoms with van der Waals surface area (Å²) in [6.45, 7) is 0. The second-order valence-electron chi connectivity index (χ2n) is 3.67. The topological polar surface area (TPSA) is 54.4 Å². The molecule has 0 spiro atoms. The van der Waals surface area contributed by atoms with Crippen LogP contribution in [0.15, 0.2) is 0 Å². The van der Waals surface area contributed by atoms with Crippen molar-refractivity contribution < 1.29 is 65.7 Å². The fourth-order valence-electron chi connectivity index (χ4n) is 0.914. The van der Waals surface area contributed by atoms with Crippen LogP contribution in [0.4, 0.5) is 52.7 Å². The van der Waals surface area contributed by atoms with Gasteiger partial charge in [0.25, 0.3) is 5.50 Å². The fraction of sp³-hybridized carbons (Fsp3) is 1.00. The summed E-state index contributed by atoms with van der Waals surface area (Å²) < 4.78 is 175. The maximum absolute atomic E-state index is 12.7. The normalized spacial score (nSPS) is 16.7. The number of hydrogen-bond acceptors (Lipinski definition) is 2. The van der Waals surface area contributed by atoms with Crippen molar-refractivity contribution in [1.82, 2.24) is 0 Å². The van der Waals surface area contributed by atoms with Gasteiger partial charge in [-0.2, -0.15) is 56.7 Å². The van der Waals surface area contributed by atoms with Gasteiger partial charge >= 0.3 is 58.8 Å². The Morgan fingerprint density at radius 1 is 0.696 bits per heavy atom. The molecular formula is C6H3F12LiO3S. The third kappa shape index (κ3) is 3.69. The Labute approximate surface area is 130 Å². The van der Waals surface area contributed by atoms with Gasteiger partial charge in [-0.1, -0.05) is 0 Å². The molecule has 1 atom stereocenters. The van der Waals surface area contributed by atoms with Crippen LogP contribution < -0.4 is 0 Å². The Balaban J connectivity index is 0. The van der Waals surface area contributed by atoms with Crippen LogP contribution in [0.25, 0.3) is 0 Å². The molecule has 0 amide bonds. The monoisotopic (exact) mass is 390 g/mol. The quantitative estimate of drug-likeness (QED) is 0.446. The van der Waals surface area contributed by atoms with Gasteiger partial charge in [0.2, 0.25) is 0 Å². The second-order valence-corrected chi connectivity index (χ2v) is 5.12. The van der Waals surface area contributed by atoms with Gasteiger partial charge in [0.1, 0.15) is 0 Å². The van der Waals surface area contributed by atoms with Gasteiger partial charge in [-0.05, 0) is 0 Å². The molecule has 0 fully saturated rings. The molecule has 0 bridgehead atoms. The minimum atomic E-state index is -7.95. The molecule has 0 rings (SSSR count). The van der Waals surface area contributed by atoms with Crippen LogP contribution in [-0.2, 0) is 10.1 Å². The zero-order chi connectivity index (χ0) is 18.6. The summed E-state index contributed by atoms with van der Waals surface area (Å²) in [6.07, 6.45) is -7.46. The summed E-state index contributed by atoms with van der Waals surface area (Å²) in [5.74, 6) is -30.9. The molecule has 23 heavy (non-hydrogen) atoms. The van der Waals surface area contributed by atoms with Crippen molar-refractivity contribution in [2.45, 2.75) is 35.4 Å². The Morgan fingerprint density at radius 2 is 1.00 bits per heavy atom. The Bertz CT molecular complexity index is 525. The molecule has 3 nitrogen and oxygen atoms in total. The van der Waals surface area contributed by atoms with Gasteiger partial charge in [0, 0.05) is 0 Å². The van der Waals surface area contributed by atoms with E-state index in [1.54, 1.807) is 0 Å². The first-order valence-electron chi connectivity index (χ1n) is 4.34. The van der Waals surface area contributed by atoms with E-state index in [2.05, 4.69) is 0 Å². The van der Waals surface area contributed by atoms with Crippen LogP contribution in [-0.4, -0.2) is 67.2 Å². The van der Waals surface area contributed by atoms with Gasteiger partial charge < -0.3 is 0 Å². The maximum atomic E-state index is 12.7. The first kappa shape index (κ1) is 24.9. The van der Waals surface area contributed by atoms with Gasteiger partial charge in [0.05, 0.1) is 0 Å². The van der Waals surface area contributed by atoms with E-state index in [1.807, 2.05) is 0 Å². The molecule has 0 aromatic rings. The van der Waals surface area contributed by atoms with E-state index in [9.17, 15) is 61.1 Å². The van der Waals surface area contributed by atoms with Gasteiger partial charge in [-0.25, -0.2) is 4.39 Å². The molecule has 0 aliphatic heterocycles. The van der Waals surface area contributed by atoms with E-state index in [-0.39, 0.29) is 18.9 Å². The van der Waals surface area contributed by atoms with Crippen LogP contribution in [0.5, 0.6) is 0 Å². The Morgan fingerprint density at radius 3 is 1.22 bits per heavy atom. The predicted molar refractivity (Wildman–Crippen MR) is 49.4 cm³/mol. The molecule has 1 unspecified atom stereocenters. The standard InChI is InChI=1S/C6H2F12O3S.Li.H/c7-1(22(19,20)21)2(8,9)3(10,11)4(12,13)5(14,15)6(16,17)18;;/h1H,(H,19,20,21);;. The average Bonchev–Trinajstić information content (AvgIpc) is 2.24. The summed E-state index contributed by atoms with van der Waals surface area (Å²) in [5, 5.41) is 0. The third-order valence-electron chi connectivity index (χ3n) is 2.11. The molecule has 0 aromatic heterocycles. The molecule has 0 saturated heterocycles. The van der Waals surface area contributed by atoms with E-state index in [0.717, 1.165) is 0 Å². The first-order chi connectivity index (χ1) is 9.15. The number of rotatable bonds is 5. The third-order valence-corrected chi connectivity index (χ3v) is 2.93. The van der Waals surface area contributed by atoms with E-state index >= 15 is 0 Å². The molecule has 0 heterocycles. The minimum absolute atomic E-state index is 0. The van der Waals surface area contributed by atoms with E-state index in [1.165, 1.54) is 0 Å². The van der Waals surface area contributed by atoms with Gasteiger partial charge in [-0.15, -0.1) is 0 Å². The van der Waals surface area contributed by atoms with Crippen LogP contribution in [0.1, 0.15) is 0 Å². The Kier molecular flexibility index (Phi) is 6.71. The first-order valence-corrected chi connectivity index (χ1v) is 5.84. The van der Waals surface area contributed by atoms with E-state index in [4.69, 9.17) is 4.55 Å². The number of alkyl halides is 12. The van der Waals surface area contributed by atoms with Crippen molar-refractivity contribution in [2.75, 3.05) is 0 Å². The van der Waals surface area contributed by atoms with Crippen LogP contribution in [0.3, 0.4) is 0 Å². The summed E-state index contributed by atoms with van der Waals surface area (Å²) >= 11 is 0. The molecule has 136 valence electrons. The number of halogens is 12. The Hall–Kier alpha value is -0.333. The van der Waals surface area contributed by atoms with Crippen molar-refractivity contribution in [1.29, 1.82) is 0 Å². The summed E-state index contributed by atoms with van der Waals surface area (Å²) in [7, 11) is -6.84. The van der Waals surface area contributed by atoms with Gasteiger partial charge in [0.15, 0.2) is 0 Å². The molecular weight excluding hydrogens is 387 g/mol. The van der Waals surface area contributed by atoms with Crippen molar-refractivity contribution in [2.24, 2.45) is 0 Å². The van der Waals surface area contributed by atoms with Gasteiger partial charge in [-0.3, -0.25) is 4.55 Å². The second kappa shape index (κ2) is 6.19.